The van der Waals surface area contributed by atoms with E-state index in [0.717, 1.165) is 77.3 Å². The molecule has 0 atom stereocenters. The molecule has 0 aliphatic rings. The minimum atomic E-state index is -1.04. The molecule has 0 spiro atoms. The van der Waals surface area contributed by atoms with Gasteiger partial charge < -0.3 is 25.2 Å². The Morgan fingerprint density at radius 2 is 1.05 bits per heavy atom. The lowest BCUT2D eigenvalue weighted by Crippen LogP contribution is -2.23. The summed E-state index contributed by atoms with van der Waals surface area (Å²) in [5, 5.41) is 15.4. The van der Waals surface area contributed by atoms with E-state index < -0.39 is 5.97 Å². The molecule has 0 saturated carbocycles. The predicted molar refractivity (Wildman–Crippen MR) is 156 cm³/mol. The van der Waals surface area contributed by atoms with Crippen LogP contribution < -0.4 is 20.1 Å². The molecular weight excluding hydrogens is 496 g/mol. The second-order valence-corrected chi connectivity index (χ2v) is 10.1. The number of rotatable bonds is 25. The number of carbonyl (C=O) groups is 3. The second kappa shape index (κ2) is 23.1. The first-order chi connectivity index (χ1) is 19.0. The zero-order valence-corrected chi connectivity index (χ0v) is 24.4. The Balaban J connectivity index is 2.23. The molecule has 8 heteroatoms. The van der Waals surface area contributed by atoms with Gasteiger partial charge in [0.05, 0.1) is 18.8 Å². The quantitative estimate of drug-likeness (QED) is 0.118. The molecule has 0 unspecified atom stereocenters. The number of carboxylic acid groups (broad SMARTS) is 1. The zero-order chi connectivity index (χ0) is 28.6. The number of unbranched alkanes of at least 4 members (excludes halogenated alkanes) is 10. The summed E-state index contributed by atoms with van der Waals surface area (Å²) < 4.78 is 11.6. The van der Waals surface area contributed by atoms with Gasteiger partial charge in [0.1, 0.15) is 11.5 Å². The molecule has 0 bridgehead atoms. The fraction of sp³-hybridized carbons (Fsp3) is 0.710. The van der Waals surface area contributed by atoms with Crippen LogP contribution in [-0.4, -0.2) is 49.2 Å². The van der Waals surface area contributed by atoms with Gasteiger partial charge in [-0.05, 0) is 63.5 Å². The van der Waals surface area contributed by atoms with Crippen LogP contribution in [0.3, 0.4) is 0 Å². The fourth-order valence-electron chi connectivity index (χ4n) is 4.11. The van der Waals surface area contributed by atoms with Crippen LogP contribution in [0.4, 0.5) is 0 Å². The summed E-state index contributed by atoms with van der Waals surface area (Å²) in [7, 11) is 0. The summed E-state index contributed by atoms with van der Waals surface area (Å²) in [5.41, 5.74) is 0.119. The molecule has 1 aromatic rings. The van der Waals surface area contributed by atoms with Crippen molar-refractivity contribution in [2.24, 2.45) is 0 Å². The molecule has 0 aliphatic heterocycles. The molecule has 0 saturated heterocycles. The number of benzene rings is 1. The van der Waals surface area contributed by atoms with Crippen molar-refractivity contribution in [2.45, 2.75) is 117 Å². The molecule has 39 heavy (non-hydrogen) atoms. The maximum absolute atomic E-state index is 11.9. The van der Waals surface area contributed by atoms with Gasteiger partial charge in [-0.25, -0.2) is 4.79 Å². The molecule has 1 rings (SSSR count). The fourth-order valence-corrected chi connectivity index (χ4v) is 4.11. The summed E-state index contributed by atoms with van der Waals surface area (Å²) in [5.74, 6) is 0.0937. The van der Waals surface area contributed by atoms with Crippen molar-refractivity contribution in [3.05, 3.63) is 23.8 Å². The van der Waals surface area contributed by atoms with Gasteiger partial charge in [0.2, 0.25) is 11.8 Å². The SMILES string of the molecule is CCCCCCNC(=O)CCCCCOc1cc(OCCCCCC(=O)NCCCCCC)cc(C(=O)O)c1. The minimum Gasteiger partial charge on any atom is -0.493 e. The van der Waals surface area contributed by atoms with Crippen LogP contribution >= 0.6 is 0 Å². The Hall–Kier alpha value is -2.77. The van der Waals surface area contributed by atoms with Crippen molar-refractivity contribution >= 4 is 17.8 Å². The third-order valence-electron chi connectivity index (χ3n) is 6.47. The molecule has 0 aromatic heterocycles. The number of hydrogen-bond acceptors (Lipinski definition) is 5. The highest BCUT2D eigenvalue weighted by atomic mass is 16.5. The maximum Gasteiger partial charge on any atom is 0.335 e. The number of hydrogen-bond donors (Lipinski definition) is 3. The molecule has 0 heterocycles. The van der Waals surface area contributed by atoms with Gasteiger partial charge >= 0.3 is 5.97 Å². The van der Waals surface area contributed by atoms with Crippen LogP contribution in [0.15, 0.2) is 18.2 Å². The highest BCUT2D eigenvalue weighted by Gasteiger charge is 2.10. The summed E-state index contributed by atoms with van der Waals surface area (Å²) >= 11 is 0. The number of carbonyl (C=O) groups excluding carboxylic acids is 2. The van der Waals surface area contributed by atoms with Gasteiger partial charge in [-0.2, -0.15) is 0 Å². The van der Waals surface area contributed by atoms with E-state index in [9.17, 15) is 19.5 Å². The van der Waals surface area contributed by atoms with Gasteiger partial charge in [0.25, 0.3) is 0 Å². The Kier molecular flexibility index (Phi) is 20.3. The smallest absolute Gasteiger partial charge is 0.335 e. The molecule has 8 nitrogen and oxygen atoms in total. The average molecular weight is 549 g/mol. The van der Waals surface area contributed by atoms with Crippen molar-refractivity contribution in [3.63, 3.8) is 0 Å². The van der Waals surface area contributed by atoms with Crippen LogP contribution in [0, 0.1) is 0 Å². The highest BCUT2D eigenvalue weighted by molar-refractivity contribution is 5.88. The Bertz CT molecular complexity index is 758. The largest absolute Gasteiger partial charge is 0.493 e. The van der Waals surface area contributed by atoms with Crippen molar-refractivity contribution < 1.29 is 29.0 Å². The number of aromatic carboxylic acids is 1. The normalized spacial score (nSPS) is 10.7. The van der Waals surface area contributed by atoms with E-state index >= 15 is 0 Å². The number of carboxylic acids is 1. The van der Waals surface area contributed by atoms with Gasteiger partial charge in [-0.15, -0.1) is 0 Å². The average Bonchev–Trinajstić information content (AvgIpc) is 2.92. The van der Waals surface area contributed by atoms with Crippen LogP contribution in [0.2, 0.25) is 0 Å². The van der Waals surface area contributed by atoms with Crippen LogP contribution in [-0.2, 0) is 9.59 Å². The van der Waals surface area contributed by atoms with E-state index in [1.54, 1.807) is 6.07 Å². The minimum absolute atomic E-state index is 0.101. The van der Waals surface area contributed by atoms with Gasteiger partial charge in [0.15, 0.2) is 0 Å². The number of ether oxygens (including phenoxy) is 2. The van der Waals surface area contributed by atoms with E-state index in [2.05, 4.69) is 24.5 Å². The van der Waals surface area contributed by atoms with Gasteiger partial charge in [-0.1, -0.05) is 52.4 Å². The lowest BCUT2D eigenvalue weighted by atomic mass is 10.1. The molecule has 3 N–H and O–H groups in total. The molecule has 1 aromatic carbocycles. The van der Waals surface area contributed by atoms with E-state index in [1.165, 1.54) is 37.8 Å². The van der Waals surface area contributed by atoms with Crippen LogP contribution in [0.25, 0.3) is 0 Å². The molecule has 0 radical (unpaired) electrons. The first kappa shape index (κ1) is 34.3. The second-order valence-electron chi connectivity index (χ2n) is 10.1. The zero-order valence-electron chi connectivity index (χ0n) is 24.4. The summed E-state index contributed by atoms with van der Waals surface area (Å²) in [4.78, 5) is 35.3. The van der Waals surface area contributed by atoms with Gasteiger partial charge in [0, 0.05) is 32.0 Å². The maximum atomic E-state index is 11.9. The molecule has 222 valence electrons. The molecule has 0 fully saturated rings. The van der Waals surface area contributed by atoms with Gasteiger partial charge in [-0.3, -0.25) is 9.59 Å². The third kappa shape index (κ3) is 19.0. The lowest BCUT2D eigenvalue weighted by Gasteiger charge is -2.11. The molecular formula is C31H52N2O6. The van der Waals surface area contributed by atoms with Crippen molar-refractivity contribution in [2.75, 3.05) is 26.3 Å². The highest BCUT2D eigenvalue weighted by Crippen LogP contribution is 2.24. The Morgan fingerprint density at radius 1 is 0.615 bits per heavy atom. The van der Waals surface area contributed by atoms with E-state index in [4.69, 9.17) is 9.47 Å². The Morgan fingerprint density at radius 3 is 1.46 bits per heavy atom. The number of nitrogens with one attached hydrogen (secondary N) is 2. The van der Waals surface area contributed by atoms with E-state index in [-0.39, 0.29) is 17.4 Å². The summed E-state index contributed by atoms with van der Waals surface area (Å²) in [6.07, 6.45) is 15.1. The first-order valence-corrected chi connectivity index (χ1v) is 15.1. The standard InChI is InChI=1S/C31H52N2O6/c1-3-5-7-13-19-32-29(34)17-11-9-15-21-38-27-23-26(31(36)37)24-28(25-27)39-22-16-10-12-18-30(35)33-20-14-8-6-4-2/h23-25H,3-22H2,1-2H3,(H,32,34)(H,33,35)(H,36,37). The lowest BCUT2D eigenvalue weighted by molar-refractivity contribution is -0.122. The molecule has 0 aliphatic carbocycles. The van der Waals surface area contributed by atoms with Crippen LogP contribution in [0.1, 0.15) is 127 Å². The first-order valence-electron chi connectivity index (χ1n) is 15.1. The van der Waals surface area contributed by atoms with Crippen LogP contribution in [0.5, 0.6) is 11.5 Å². The monoisotopic (exact) mass is 548 g/mol. The molecule has 2 amide bonds. The third-order valence-corrected chi connectivity index (χ3v) is 6.47. The van der Waals surface area contributed by atoms with E-state index in [1.807, 2.05) is 0 Å². The number of amides is 2. The van der Waals surface area contributed by atoms with Crippen molar-refractivity contribution in [3.8, 4) is 11.5 Å². The predicted octanol–water partition coefficient (Wildman–Crippen LogP) is 6.66. The van der Waals surface area contributed by atoms with E-state index in [0.29, 0.717) is 37.6 Å². The summed E-state index contributed by atoms with van der Waals surface area (Å²) in [6.45, 7) is 6.74. The summed E-state index contributed by atoms with van der Waals surface area (Å²) in [6, 6.07) is 4.72. The Labute approximate surface area is 235 Å². The topological polar surface area (TPSA) is 114 Å². The van der Waals surface area contributed by atoms with Crippen molar-refractivity contribution in [1.29, 1.82) is 0 Å². The van der Waals surface area contributed by atoms with Crippen molar-refractivity contribution in [1.82, 2.24) is 10.6 Å².